The second-order valence-corrected chi connectivity index (χ2v) is 7.22. The van der Waals surface area contributed by atoms with Gasteiger partial charge in [-0.3, -0.25) is 19.8 Å². The van der Waals surface area contributed by atoms with E-state index in [2.05, 4.69) is 15.0 Å². The maximum Gasteiger partial charge on any atom is 0.139 e. The van der Waals surface area contributed by atoms with Crippen LogP contribution in [0.4, 0.5) is 0 Å². The van der Waals surface area contributed by atoms with Gasteiger partial charge < -0.3 is 4.74 Å². The lowest BCUT2D eigenvalue weighted by molar-refractivity contribution is -0.119. The van der Waals surface area contributed by atoms with Gasteiger partial charge in [-0.2, -0.15) is 0 Å². The summed E-state index contributed by atoms with van der Waals surface area (Å²) in [5.41, 5.74) is 6.05. The summed E-state index contributed by atoms with van der Waals surface area (Å²) in [6.07, 6.45) is 6.13. The molecule has 0 fully saturated rings. The highest BCUT2D eigenvalue weighted by Gasteiger charge is 2.20. The van der Waals surface area contributed by atoms with E-state index in [0.29, 0.717) is 26.0 Å². The van der Waals surface area contributed by atoms with Crippen LogP contribution in [0.15, 0.2) is 72.1 Å². The average molecular weight is 385 g/mol. The van der Waals surface area contributed by atoms with Gasteiger partial charge in [-0.15, -0.1) is 0 Å². The van der Waals surface area contributed by atoms with Gasteiger partial charge in [0.2, 0.25) is 0 Å². The van der Waals surface area contributed by atoms with E-state index in [1.807, 2.05) is 54.7 Å². The number of ether oxygens (including phenoxy) is 1. The minimum atomic E-state index is 0.0600. The number of hydrogen-bond donors (Lipinski definition) is 0. The summed E-state index contributed by atoms with van der Waals surface area (Å²) in [5, 5.41) is 0. The van der Waals surface area contributed by atoms with Gasteiger partial charge in [0.15, 0.2) is 0 Å². The number of benzene rings is 1. The lowest BCUT2D eigenvalue weighted by Gasteiger charge is -2.15. The predicted molar refractivity (Wildman–Crippen MR) is 112 cm³/mol. The van der Waals surface area contributed by atoms with E-state index in [1.165, 1.54) is 0 Å². The van der Waals surface area contributed by atoms with Gasteiger partial charge in [-0.1, -0.05) is 30.3 Å². The number of Topliss-reactive ketones (excluding diaryl/α,β-unsaturated/α-hetero) is 1. The zero-order valence-corrected chi connectivity index (χ0v) is 16.4. The Morgan fingerprint density at radius 2 is 1.93 bits per heavy atom. The Morgan fingerprint density at radius 3 is 2.69 bits per heavy atom. The first-order chi connectivity index (χ1) is 14.2. The van der Waals surface area contributed by atoms with Crippen molar-refractivity contribution < 1.29 is 9.53 Å². The highest BCUT2D eigenvalue weighted by Crippen LogP contribution is 2.24. The largest absolute Gasteiger partial charge is 0.384 e. The molecule has 1 aromatic carbocycles. The zero-order chi connectivity index (χ0) is 20.1. The van der Waals surface area contributed by atoms with E-state index >= 15 is 0 Å². The minimum Gasteiger partial charge on any atom is -0.384 e. The van der Waals surface area contributed by atoms with Crippen LogP contribution in [-0.2, 0) is 22.5 Å². The first-order valence-corrected chi connectivity index (χ1v) is 9.73. The minimum absolute atomic E-state index is 0.0600. The normalized spacial score (nSPS) is 13.6. The average Bonchev–Trinajstić information content (AvgIpc) is 3.18. The fourth-order valence-electron chi connectivity index (χ4n) is 3.74. The molecule has 3 aromatic rings. The molecule has 0 radical (unpaired) electrons. The summed E-state index contributed by atoms with van der Waals surface area (Å²) in [4.78, 5) is 26.0. The molecule has 2 aromatic heterocycles. The number of rotatable bonds is 8. The van der Waals surface area contributed by atoms with Crippen LogP contribution in [0.25, 0.3) is 0 Å². The number of aliphatic imine (C=N–C) groups is 1. The van der Waals surface area contributed by atoms with E-state index in [4.69, 9.17) is 4.74 Å². The molecule has 0 unspecified atom stereocenters. The molecule has 5 nitrogen and oxygen atoms in total. The summed E-state index contributed by atoms with van der Waals surface area (Å²) in [6, 6.07) is 16.0. The number of carbonyl (C=O) groups excluding carboxylic acids is 1. The van der Waals surface area contributed by atoms with Gasteiger partial charge in [-0.05, 0) is 29.3 Å². The summed E-state index contributed by atoms with van der Waals surface area (Å²) in [5.74, 6) is 0.223. The number of pyridine rings is 2. The smallest absolute Gasteiger partial charge is 0.139 e. The molecule has 3 heterocycles. The second-order valence-electron chi connectivity index (χ2n) is 7.22. The Bertz CT molecular complexity index is 1020. The molecule has 1 aliphatic heterocycles. The van der Waals surface area contributed by atoms with Gasteiger partial charge in [0.1, 0.15) is 5.78 Å². The van der Waals surface area contributed by atoms with Crippen molar-refractivity contribution in [2.75, 3.05) is 13.7 Å². The summed E-state index contributed by atoms with van der Waals surface area (Å²) in [7, 11) is 1.67. The molecule has 1 aliphatic rings. The van der Waals surface area contributed by atoms with Gasteiger partial charge >= 0.3 is 0 Å². The van der Waals surface area contributed by atoms with Crippen LogP contribution in [0.3, 0.4) is 0 Å². The van der Waals surface area contributed by atoms with Crippen molar-refractivity contribution in [2.45, 2.75) is 25.3 Å². The highest BCUT2D eigenvalue weighted by molar-refractivity contribution is 6.14. The Balaban J connectivity index is 1.45. The molecule has 0 N–H and O–H groups in total. The SMILES string of the molecule is COC[C@@H](CC(=O)Cc1cc2c(cn1)C(c1ccncc1)=NC2)c1ccccc1. The maximum atomic E-state index is 12.7. The van der Waals surface area contributed by atoms with E-state index < -0.39 is 0 Å². The highest BCUT2D eigenvalue weighted by atomic mass is 16.5. The third kappa shape index (κ3) is 4.46. The zero-order valence-electron chi connectivity index (χ0n) is 16.4. The molecule has 1 atom stereocenters. The quantitative estimate of drug-likeness (QED) is 0.592. The number of ketones is 1. The van der Waals surface area contributed by atoms with Crippen molar-refractivity contribution in [3.05, 3.63) is 95.1 Å². The van der Waals surface area contributed by atoms with Crippen molar-refractivity contribution in [3.8, 4) is 0 Å². The molecule has 0 saturated heterocycles. The molecule has 0 aliphatic carbocycles. The molecule has 29 heavy (non-hydrogen) atoms. The van der Waals surface area contributed by atoms with Crippen LogP contribution in [0.1, 0.15) is 40.3 Å². The fourth-order valence-corrected chi connectivity index (χ4v) is 3.74. The van der Waals surface area contributed by atoms with Crippen LogP contribution >= 0.6 is 0 Å². The second kappa shape index (κ2) is 8.88. The summed E-state index contributed by atoms with van der Waals surface area (Å²) >= 11 is 0. The third-order valence-electron chi connectivity index (χ3n) is 5.15. The van der Waals surface area contributed by atoms with Crippen LogP contribution < -0.4 is 0 Å². The van der Waals surface area contributed by atoms with Crippen LogP contribution in [0.2, 0.25) is 0 Å². The van der Waals surface area contributed by atoms with Crippen molar-refractivity contribution >= 4 is 11.5 Å². The van der Waals surface area contributed by atoms with Gasteiger partial charge in [0.05, 0.1) is 18.9 Å². The number of hydrogen-bond acceptors (Lipinski definition) is 5. The van der Waals surface area contributed by atoms with Crippen LogP contribution in [0, 0.1) is 0 Å². The first-order valence-electron chi connectivity index (χ1n) is 9.73. The molecule has 5 heteroatoms. The third-order valence-corrected chi connectivity index (χ3v) is 5.15. The van der Waals surface area contributed by atoms with Gasteiger partial charge in [0, 0.05) is 61.3 Å². The van der Waals surface area contributed by atoms with Crippen molar-refractivity contribution in [3.63, 3.8) is 0 Å². The number of methoxy groups -OCH3 is 1. The predicted octanol–water partition coefficient (Wildman–Crippen LogP) is 3.76. The number of carbonyl (C=O) groups is 1. The Hall–Kier alpha value is -3.18. The van der Waals surface area contributed by atoms with Crippen molar-refractivity contribution in [2.24, 2.45) is 4.99 Å². The topological polar surface area (TPSA) is 64.4 Å². The monoisotopic (exact) mass is 385 g/mol. The van der Waals surface area contributed by atoms with Crippen molar-refractivity contribution in [1.29, 1.82) is 0 Å². The molecule has 146 valence electrons. The molecular formula is C24H23N3O2. The summed E-state index contributed by atoms with van der Waals surface area (Å²) in [6.45, 7) is 1.14. The standard InChI is InChI=1S/C24H23N3O2/c1-29-16-20(17-5-3-2-4-6-17)12-22(28)13-21-11-19-14-27-24(23(19)15-26-21)18-7-9-25-10-8-18/h2-11,15,20H,12-14,16H2,1H3/t20-/m1/s1. The number of nitrogens with zero attached hydrogens (tertiary/aromatic N) is 3. The lowest BCUT2D eigenvalue weighted by atomic mass is 9.93. The first kappa shape index (κ1) is 19.2. The molecule has 0 saturated carbocycles. The Kier molecular flexibility index (Phi) is 5.86. The van der Waals surface area contributed by atoms with E-state index in [1.54, 1.807) is 19.5 Å². The van der Waals surface area contributed by atoms with E-state index in [0.717, 1.165) is 33.7 Å². The molecule has 4 rings (SSSR count). The van der Waals surface area contributed by atoms with Gasteiger partial charge in [0.25, 0.3) is 0 Å². The van der Waals surface area contributed by atoms with E-state index in [-0.39, 0.29) is 11.7 Å². The van der Waals surface area contributed by atoms with Crippen LogP contribution in [0.5, 0.6) is 0 Å². The number of fused-ring (bicyclic) bond motifs is 1. The number of aromatic nitrogens is 2. The van der Waals surface area contributed by atoms with E-state index in [9.17, 15) is 4.79 Å². The summed E-state index contributed by atoms with van der Waals surface area (Å²) < 4.78 is 5.34. The molecular weight excluding hydrogens is 362 g/mol. The molecule has 0 amide bonds. The van der Waals surface area contributed by atoms with Crippen LogP contribution in [-0.4, -0.2) is 35.2 Å². The van der Waals surface area contributed by atoms with Gasteiger partial charge in [-0.25, -0.2) is 0 Å². The maximum absolute atomic E-state index is 12.7. The Labute approximate surface area is 170 Å². The van der Waals surface area contributed by atoms with Crippen molar-refractivity contribution in [1.82, 2.24) is 9.97 Å². The molecule has 0 bridgehead atoms. The molecule has 0 spiro atoms. The fraction of sp³-hybridized carbons (Fsp3) is 0.250. The Morgan fingerprint density at radius 1 is 1.14 bits per heavy atom. The lowest BCUT2D eigenvalue weighted by Crippen LogP contribution is -2.14.